The fourth-order valence-electron chi connectivity index (χ4n) is 2.38. The molecule has 0 saturated carbocycles. The van der Waals surface area contributed by atoms with Crippen LogP contribution in [-0.2, 0) is 4.79 Å². The highest BCUT2D eigenvalue weighted by molar-refractivity contribution is 5.77. The number of aryl methyl sites for hydroxylation is 1. The predicted octanol–water partition coefficient (Wildman–Crippen LogP) is 2.94. The van der Waals surface area contributed by atoms with Crippen molar-refractivity contribution in [3.05, 3.63) is 53.5 Å². The van der Waals surface area contributed by atoms with E-state index in [1.807, 2.05) is 25.1 Å². The first-order valence-corrected chi connectivity index (χ1v) is 7.69. The molecule has 0 spiro atoms. The minimum Gasteiger partial charge on any atom is -0.484 e. The SMILES string of the molecule is Cc1cc(OCC(=O)NCC(O)c2ccco2)ccc1C(C)C. The van der Waals surface area contributed by atoms with Crippen molar-refractivity contribution in [2.45, 2.75) is 32.8 Å². The van der Waals surface area contributed by atoms with E-state index >= 15 is 0 Å². The minimum atomic E-state index is -0.860. The number of hydrogen-bond acceptors (Lipinski definition) is 4. The summed E-state index contributed by atoms with van der Waals surface area (Å²) < 4.78 is 10.6. The lowest BCUT2D eigenvalue weighted by atomic mass is 9.98. The Hall–Kier alpha value is -2.27. The Kier molecular flexibility index (Phi) is 5.82. The van der Waals surface area contributed by atoms with Crippen molar-refractivity contribution in [3.8, 4) is 5.75 Å². The number of aliphatic hydroxyl groups is 1. The lowest BCUT2D eigenvalue weighted by Crippen LogP contribution is -2.32. The Morgan fingerprint density at radius 3 is 2.74 bits per heavy atom. The third-order valence-corrected chi connectivity index (χ3v) is 3.60. The Bertz CT molecular complexity index is 634. The maximum absolute atomic E-state index is 11.8. The number of rotatable bonds is 7. The summed E-state index contributed by atoms with van der Waals surface area (Å²) in [7, 11) is 0. The molecular formula is C18H23NO4. The van der Waals surface area contributed by atoms with Gasteiger partial charge in [0, 0.05) is 0 Å². The van der Waals surface area contributed by atoms with Crippen LogP contribution in [0, 0.1) is 6.92 Å². The van der Waals surface area contributed by atoms with Gasteiger partial charge >= 0.3 is 0 Å². The second-order valence-electron chi connectivity index (χ2n) is 5.80. The molecule has 1 atom stereocenters. The number of aliphatic hydroxyl groups excluding tert-OH is 1. The van der Waals surface area contributed by atoms with E-state index in [1.165, 1.54) is 11.8 Å². The Labute approximate surface area is 136 Å². The normalized spacial score (nSPS) is 12.2. The molecule has 23 heavy (non-hydrogen) atoms. The topological polar surface area (TPSA) is 71.7 Å². The second kappa shape index (κ2) is 7.83. The first kappa shape index (κ1) is 17.1. The van der Waals surface area contributed by atoms with Gasteiger partial charge in [0.2, 0.25) is 0 Å². The third kappa shape index (κ3) is 4.86. The number of benzene rings is 1. The van der Waals surface area contributed by atoms with Crippen molar-refractivity contribution >= 4 is 5.91 Å². The van der Waals surface area contributed by atoms with E-state index in [4.69, 9.17) is 9.15 Å². The average molecular weight is 317 g/mol. The van der Waals surface area contributed by atoms with Crippen LogP contribution in [0.15, 0.2) is 41.0 Å². The third-order valence-electron chi connectivity index (χ3n) is 3.60. The minimum absolute atomic E-state index is 0.0843. The molecule has 1 aromatic carbocycles. The molecule has 1 amide bonds. The van der Waals surface area contributed by atoms with Gasteiger partial charge in [-0.05, 0) is 48.2 Å². The van der Waals surface area contributed by atoms with E-state index in [0.29, 0.717) is 17.4 Å². The van der Waals surface area contributed by atoms with Crippen LogP contribution in [0.4, 0.5) is 0 Å². The van der Waals surface area contributed by atoms with Crippen molar-refractivity contribution in [2.24, 2.45) is 0 Å². The Morgan fingerprint density at radius 1 is 1.35 bits per heavy atom. The van der Waals surface area contributed by atoms with Gasteiger partial charge in [-0.25, -0.2) is 0 Å². The van der Waals surface area contributed by atoms with Gasteiger partial charge in [-0.15, -0.1) is 0 Å². The molecule has 1 unspecified atom stereocenters. The molecule has 0 saturated heterocycles. The smallest absolute Gasteiger partial charge is 0.258 e. The van der Waals surface area contributed by atoms with E-state index in [9.17, 15) is 9.90 Å². The highest BCUT2D eigenvalue weighted by Crippen LogP contribution is 2.23. The summed E-state index contributed by atoms with van der Waals surface area (Å²) in [6.07, 6.45) is 0.619. The molecule has 2 aromatic rings. The first-order valence-electron chi connectivity index (χ1n) is 7.69. The van der Waals surface area contributed by atoms with Crippen molar-refractivity contribution in [1.82, 2.24) is 5.32 Å². The monoisotopic (exact) mass is 317 g/mol. The number of carbonyl (C=O) groups excluding carboxylic acids is 1. The summed E-state index contributed by atoms with van der Waals surface area (Å²) in [5.74, 6) is 1.25. The van der Waals surface area contributed by atoms with Crippen molar-refractivity contribution < 1.29 is 19.1 Å². The molecule has 124 valence electrons. The molecular weight excluding hydrogens is 294 g/mol. The number of carbonyl (C=O) groups is 1. The Balaban J connectivity index is 1.79. The van der Waals surface area contributed by atoms with Crippen LogP contribution in [0.2, 0.25) is 0 Å². The molecule has 1 heterocycles. The fraction of sp³-hybridized carbons (Fsp3) is 0.389. The summed E-state index contributed by atoms with van der Waals surface area (Å²) in [4.78, 5) is 11.8. The molecule has 0 aliphatic rings. The number of nitrogens with one attached hydrogen (secondary N) is 1. The van der Waals surface area contributed by atoms with Gasteiger partial charge in [-0.1, -0.05) is 19.9 Å². The molecule has 0 radical (unpaired) electrons. The number of furan rings is 1. The summed E-state index contributed by atoms with van der Waals surface area (Å²) >= 11 is 0. The largest absolute Gasteiger partial charge is 0.484 e. The number of hydrogen-bond donors (Lipinski definition) is 2. The highest BCUT2D eigenvalue weighted by Gasteiger charge is 2.12. The average Bonchev–Trinajstić information content (AvgIpc) is 3.04. The molecule has 2 N–H and O–H groups in total. The van der Waals surface area contributed by atoms with Crippen LogP contribution in [-0.4, -0.2) is 24.2 Å². The van der Waals surface area contributed by atoms with Crippen LogP contribution in [0.25, 0.3) is 0 Å². The van der Waals surface area contributed by atoms with Gasteiger partial charge in [0.05, 0.1) is 12.8 Å². The van der Waals surface area contributed by atoms with Gasteiger partial charge in [0.25, 0.3) is 5.91 Å². The van der Waals surface area contributed by atoms with Crippen LogP contribution in [0.3, 0.4) is 0 Å². The van der Waals surface area contributed by atoms with Gasteiger partial charge in [0.15, 0.2) is 6.61 Å². The molecule has 0 aliphatic carbocycles. The maximum Gasteiger partial charge on any atom is 0.258 e. The van der Waals surface area contributed by atoms with Gasteiger partial charge in [0.1, 0.15) is 17.6 Å². The molecule has 1 aromatic heterocycles. The molecule has 5 heteroatoms. The summed E-state index contributed by atoms with van der Waals surface area (Å²) in [5, 5.41) is 12.4. The van der Waals surface area contributed by atoms with E-state index in [1.54, 1.807) is 12.1 Å². The Morgan fingerprint density at radius 2 is 2.13 bits per heavy atom. The summed E-state index contributed by atoms with van der Waals surface area (Å²) in [6.45, 7) is 6.30. The molecule has 0 aliphatic heterocycles. The lowest BCUT2D eigenvalue weighted by molar-refractivity contribution is -0.123. The molecule has 2 rings (SSSR count). The van der Waals surface area contributed by atoms with E-state index in [0.717, 1.165) is 5.56 Å². The molecule has 5 nitrogen and oxygen atoms in total. The summed E-state index contributed by atoms with van der Waals surface area (Å²) in [5.41, 5.74) is 2.41. The summed E-state index contributed by atoms with van der Waals surface area (Å²) in [6, 6.07) is 9.17. The van der Waals surface area contributed by atoms with E-state index in [-0.39, 0.29) is 19.1 Å². The quantitative estimate of drug-likeness (QED) is 0.823. The van der Waals surface area contributed by atoms with Crippen LogP contribution in [0.1, 0.15) is 42.8 Å². The van der Waals surface area contributed by atoms with Crippen molar-refractivity contribution in [1.29, 1.82) is 0 Å². The van der Waals surface area contributed by atoms with Crippen molar-refractivity contribution in [2.75, 3.05) is 13.2 Å². The predicted molar refractivity (Wildman–Crippen MR) is 87.4 cm³/mol. The van der Waals surface area contributed by atoms with E-state index < -0.39 is 6.10 Å². The van der Waals surface area contributed by atoms with Gasteiger partial charge < -0.3 is 19.6 Å². The molecule has 0 fully saturated rings. The zero-order chi connectivity index (χ0) is 16.8. The van der Waals surface area contributed by atoms with Crippen LogP contribution < -0.4 is 10.1 Å². The van der Waals surface area contributed by atoms with Gasteiger partial charge in [-0.3, -0.25) is 4.79 Å². The zero-order valence-corrected chi connectivity index (χ0v) is 13.7. The highest BCUT2D eigenvalue weighted by atomic mass is 16.5. The standard InChI is InChI=1S/C18H23NO4/c1-12(2)15-7-6-14(9-13(15)3)23-11-18(21)19-10-16(20)17-5-4-8-22-17/h4-9,12,16,20H,10-11H2,1-3H3,(H,19,21). The second-order valence-corrected chi connectivity index (χ2v) is 5.80. The number of ether oxygens (including phenoxy) is 1. The fourth-order valence-corrected chi connectivity index (χ4v) is 2.38. The number of amides is 1. The van der Waals surface area contributed by atoms with E-state index in [2.05, 4.69) is 19.2 Å². The zero-order valence-electron chi connectivity index (χ0n) is 13.7. The van der Waals surface area contributed by atoms with Crippen LogP contribution >= 0.6 is 0 Å². The maximum atomic E-state index is 11.8. The lowest BCUT2D eigenvalue weighted by Gasteiger charge is -2.13. The first-order chi connectivity index (χ1) is 11.0. The van der Waals surface area contributed by atoms with Crippen LogP contribution in [0.5, 0.6) is 5.75 Å². The van der Waals surface area contributed by atoms with Crippen molar-refractivity contribution in [3.63, 3.8) is 0 Å². The van der Waals surface area contributed by atoms with Gasteiger partial charge in [-0.2, -0.15) is 0 Å². The molecule has 0 bridgehead atoms.